The van der Waals surface area contributed by atoms with Crippen molar-refractivity contribution in [3.8, 4) is 22.6 Å². The van der Waals surface area contributed by atoms with E-state index >= 15 is 0 Å². The monoisotopic (exact) mass is 311 g/mol. The molecule has 120 valence electrons. The maximum absolute atomic E-state index is 10.5. The second-order valence-corrected chi connectivity index (χ2v) is 5.88. The number of ether oxygens (including phenoxy) is 2. The molecular formula is C19H21NO3. The Morgan fingerprint density at radius 2 is 1.83 bits per heavy atom. The van der Waals surface area contributed by atoms with Gasteiger partial charge in [-0.25, -0.2) is 0 Å². The first-order valence-corrected chi connectivity index (χ1v) is 8.03. The topological polar surface area (TPSA) is 47.9 Å². The number of nitroso groups, excluding NO2 is 1. The fourth-order valence-electron chi connectivity index (χ4n) is 3.06. The van der Waals surface area contributed by atoms with Gasteiger partial charge in [-0.2, -0.15) is 4.91 Å². The second kappa shape index (κ2) is 7.27. The highest BCUT2D eigenvalue weighted by atomic mass is 16.5. The molecule has 0 heterocycles. The zero-order valence-electron chi connectivity index (χ0n) is 13.3. The maximum atomic E-state index is 10.5. The lowest BCUT2D eigenvalue weighted by molar-refractivity contribution is 0.201. The Kier molecular flexibility index (Phi) is 4.91. The molecule has 0 saturated heterocycles. The van der Waals surface area contributed by atoms with Crippen molar-refractivity contribution in [2.24, 2.45) is 5.18 Å². The Balaban J connectivity index is 1.90. The predicted molar refractivity (Wildman–Crippen MR) is 90.8 cm³/mol. The van der Waals surface area contributed by atoms with Gasteiger partial charge in [0.05, 0.1) is 13.2 Å². The molecular weight excluding hydrogens is 290 g/mol. The van der Waals surface area contributed by atoms with Crippen LogP contribution in [-0.4, -0.2) is 13.2 Å². The smallest absolute Gasteiger partial charge is 0.162 e. The summed E-state index contributed by atoms with van der Waals surface area (Å²) in [7, 11) is 1.66. The van der Waals surface area contributed by atoms with Crippen LogP contribution in [0.5, 0.6) is 11.5 Å². The lowest BCUT2D eigenvalue weighted by Gasteiger charge is -2.17. The molecule has 0 aromatic heterocycles. The molecule has 0 amide bonds. The van der Waals surface area contributed by atoms with Crippen molar-refractivity contribution >= 4 is 0 Å². The third-order valence-corrected chi connectivity index (χ3v) is 4.27. The molecule has 0 unspecified atom stereocenters. The van der Waals surface area contributed by atoms with E-state index in [1.54, 1.807) is 7.11 Å². The van der Waals surface area contributed by atoms with Gasteiger partial charge in [-0.3, -0.25) is 0 Å². The van der Waals surface area contributed by atoms with Crippen molar-refractivity contribution in [3.05, 3.63) is 52.9 Å². The molecule has 3 rings (SSSR count). The average Bonchev–Trinajstić information content (AvgIpc) is 3.08. The van der Waals surface area contributed by atoms with E-state index in [1.807, 2.05) is 42.5 Å². The Hall–Kier alpha value is -2.36. The lowest BCUT2D eigenvalue weighted by Crippen LogP contribution is -2.11. The van der Waals surface area contributed by atoms with Gasteiger partial charge in [0.1, 0.15) is 6.54 Å². The normalized spacial score (nSPS) is 14.7. The van der Waals surface area contributed by atoms with Crippen LogP contribution in [0.15, 0.2) is 47.6 Å². The number of rotatable bonds is 6. The van der Waals surface area contributed by atoms with Gasteiger partial charge in [0.2, 0.25) is 0 Å². The van der Waals surface area contributed by atoms with Crippen molar-refractivity contribution in [2.75, 3.05) is 7.11 Å². The van der Waals surface area contributed by atoms with Gasteiger partial charge in [-0.05, 0) is 60.6 Å². The average molecular weight is 311 g/mol. The molecule has 0 atom stereocenters. The minimum absolute atomic E-state index is 0.190. The zero-order valence-corrected chi connectivity index (χ0v) is 13.3. The van der Waals surface area contributed by atoms with Gasteiger partial charge in [0, 0.05) is 0 Å². The molecule has 2 aromatic rings. The van der Waals surface area contributed by atoms with Crippen LogP contribution in [0.3, 0.4) is 0 Å². The van der Waals surface area contributed by atoms with E-state index in [4.69, 9.17) is 9.47 Å². The van der Waals surface area contributed by atoms with Gasteiger partial charge >= 0.3 is 0 Å². The summed E-state index contributed by atoms with van der Waals surface area (Å²) in [5.41, 5.74) is 3.00. The van der Waals surface area contributed by atoms with Crippen LogP contribution in [-0.2, 0) is 6.54 Å². The number of hydrogen-bond acceptors (Lipinski definition) is 4. The quantitative estimate of drug-likeness (QED) is 0.709. The first-order valence-electron chi connectivity index (χ1n) is 8.03. The molecule has 1 aliphatic rings. The summed E-state index contributed by atoms with van der Waals surface area (Å²) in [5.74, 6) is 1.54. The van der Waals surface area contributed by atoms with Crippen molar-refractivity contribution in [2.45, 2.75) is 38.3 Å². The van der Waals surface area contributed by atoms with Crippen LogP contribution in [0.2, 0.25) is 0 Å². The summed E-state index contributed by atoms with van der Waals surface area (Å²) in [4.78, 5) is 10.5. The van der Waals surface area contributed by atoms with Gasteiger partial charge < -0.3 is 9.47 Å². The zero-order chi connectivity index (χ0) is 16.1. The molecule has 1 saturated carbocycles. The Bertz CT molecular complexity index is 678. The Morgan fingerprint density at radius 1 is 1.04 bits per heavy atom. The lowest BCUT2D eigenvalue weighted by atomic mass is 10.0. The third-order valence-electron chi connectivity index (χ3n) is 4.27. The van der Waals surface area contributed by atoms with Crippen LogP contribution >= 0.6 is 0 Å². The minimum Gasteiger partial charge on any atom is -0.493 e. The van der Waals surface area contributed by atoms with Crippen molar-refractivity contribution < 1.29 is 9.47 Å². The summed E-state index contributed by atoms with van der Waals surface area (Å²) < 4.78 is 11.6. The van der Waals surface area contributed by atoms with Gasteiger partial charge in [0.25, 0.3) is 0 Å². The summed E-state index contributed by atoms with van der Waals surface area (Å²) in [6.45, 7) is 0.190. The Morgan fingerprint density at radius 3 is 2.57 bits per heavy atom. The summed E-state index contributed by atoms with van der Waals surface area (Å²) in [6.07, 6.45) is 4.95. The molecule has 0 bridgehead atoms. The standard InChI is InChI=1S/C19H21NO3/c1-22-18-10-9-16(12-19(18)23-17-7-2-3-8-17)15-6-4-5-14(11-15)13-20-21/h4-6,9-12,17H,2-3,7-8,13H2,1H3. The summed E-state index contributed by atoms with van der Waals surface area (Å²) in [6, 6.07) is 13.8. The number of benzene rings is 2. The third kappa shape index (κ3) is 3.70. The largest absolute Gasteiger partial charge is 0.493 e. The fraction of sp³-hybridized carbons (Fsp3) is 0.368. The molecule has 4 heteroatoms. The molecule has 23 heavy (non-hydrogen) atoms. The van der Waals surface area contributed by atoms with Crippen molar-refractivity contribution in [1.82, 2.24) is 0 Å². The molecule has 1 fully saturated rings. The fourth-order valence-corrected chi connectivity index (χ4v) is 3.06. The summed E-state index contributed by atoms with van der Waals surface area (Å²) >= 11 is 0. The van der Waals surface area contributed by atoms with E-state index in [-0.39, 0.29) is 12.6 Å². The number of hydrogen-bond donors (Lipinski definition) is 0. The molecule has 4 nitrogen and oxygen atoms in total. The van der Waals surface area contributed by atoms with E-state index in [1.165, 1.54) is 12.8 Å². The minimum atomic E-state index is 0.190. The molecule has 0 radical (unpaired) electrons. The maximum Gasteiger partial charge on any atom is 0.162 e. The molecule has 2 aromatic carbocycles. The molecule has 0 spiro atoms. The van der Waals surface area contributed by atoms with E-state index in [9.17, 15) is 4.91 Å². The summed E-state index contributed by atoms with van der Waals surface area (Å²) in [5, 5.41) is 2.96. The highest BCUT2D eigenvalue weighted by Crippen LogP contribution is 2.35. The van der Waals surface area contributed by atoms with Crippen LogP contribution in [0.1, 0.15) is 31.2 Å². The van der Waals surface area contributed by atoms with Gasteiger partial charge in [-0.1, -0.05) is 29.4 Å². The van der Waals surface area contributed by atoms with Crippen LogP contribution in [0.4, 0.5) is 0 Å². The number of nitrogens with zero attached hydrogens (tertiary/aromatic N) is 1. The van der Waals surface area contributed by atoms with Crippen molar-refractivity contribution in [1.29, 1.82) is 0 Å². The van der Waals surface area contributed by atoms with E-state index in [0.29, 0.717) is 0 Å². The van der Waals surface area contributed by atoms with E-state index in [2.05, 4.69) is 5.18 Å². The first kappa shape index (κ1) is 15.5. The Labute approximate surface area is 136 Å². The van der Waals surface area contributed by atoms with Crippen molar-refractivity contribution in [3.63, 3.8) is 0 Å². The number of methoxy groups -OCH3 is 1. The highest BCUT2D eigenvalue weighted by molar-refractivity contribution is 5.67. The van der Waals surface area contributed by atoms with Crippen LogP contribution in [0.25, 0.3) is 11.1 Å². The molecule has 0 aliphatic heterocycles. The van der Waals surface area contributed by atoms with Crippen LogP contribution in [0, 0.1) is 4.91 Å². The molecule has 0 N–H and O–H groups in total. The first-order chi connectivity index (χ1) is 11.3. The van der Waals surface area contributed by atoms with E-state index in [0.717, 1.165) is 41.0 Å². The SMILES string of the molecule is COc1ccc(-c2cccc(CN=O)c2)cc1OC1CCCC1. The van der Waals surface area contributed by atoms with E-state index < -0.39 is 0 Å². The highest BCUT2D eigenvalue weighted by Gasteiger charge is 2.18. The second-order valence-electron chi connectivity index (χ2n) is 5.88. The predicted octanol–water partition coefficient (Wildman–Crippen LogP) is 4.95. The van der Waals surface area contributed by atoms with Gasteiger partial charge in [0.15, 0.2) is 11.5 Å². The molecule has 1 aliphatic carbocycles. The van der Waals surface area contributed by atoms with Gasteiger partial charge in [-0.15, -0.1) is 0 Å². The van der Waals surface area contributed by atoms with Crippen LogP contribution < -0.4 is 9.47 Å².